The molecule has 2 atom stereocenters. The van der Waals surface area contributed by atoms with Crippen LogP contribution >= 0.6 is 11.8 Å². The van der Waals surface area contributed by atoms with E-state index in [1.165, 1.54) is 18.2 Å². The molecule has 32 heavy (non-hydrogen) atoms. The molecule has 0 aromatic heterocycles. The maximum atomic E-state index is 12.0. The molecule has 1 aromatic carbocycles. The zero-order valence-electron chi connectivity index (χ0n) is 18.6. The lowest BCUT2D eigenvalue weighted by Crippen LogP contribution is -2.40. The van der Waals surface area contributed by atoms with E-state index in [-0.39, 0.29) is 22.6 Å². The zero-order valence-corrected chi connectivity index (χ0v) is 19.4. The van der Waals surface area contributed by atoms with E-state index < -0.39 is 0 Å². The van der Waals surface area contributed by atoms with Crippen molar-refractivity contribution in [2.75, 3.05) is 28.6 Å². The summed E-state index contributed by atoms with van der Waals surface area (Å²) in [6, 6.07) is 4.24. The molecule has 1 N–H and O–H groups in total. The minimum Gasteiger partial charge on any atom is -0.368 e. The SMILES string of the molecule is C[C@H]1CCCCN1c1cc(N2CCCC[C@@H]2C)c([N+](=O)[O-])cc1/C=N\N=C1NC(=O)CS1. The van der Waals surface area contributed by atoms with Gasteiger partial charge in [-0.15, -0.1) is 5.10 Å². The number of nitrogens with zero attached hydrogens (tertiary/aromatic N) is 5. The van der Waals surface area contributed by atoms with Crippen molar-refractivity contribution in [3.05, 3.63) is 27.8 Å². The third-order valence-corrected chi connectivity index (χ3v) is 7.34. The van der Waals surface area contributed by atoms with Gasteiger partial charge in [0.05, 0.1) is 16.9 Å². The molecule has 3 saturated heterocycles. The number of benzene rings is 1. The molecule has 0 saturated carbocycles. The van der Waals surface area contributed by atoms with E-state index in [9.17, 15) is 14.9 Å². The van der Waals surface area contributed by atoms with Crippen molar-refractivity contribution in [3.8, 4) is 0 Å². The van der Waals surface area contributed by atoms with E-state index in [1.807, 2.05) is 6.07 Å². The van der Waals surface area contributed by atoms with Gasteiger partial charge in [0.15, 0.2) is 5.17 Å². The summed E-state index contributed by atoms with van der Waals surface area (Å²) in [5.74, 6) is 0.237. The van der Waals surface area contributed by atoms with Gasteiger partial charge in [-0.25, -0.2) is 0 Å². The third kappa shape index (κ3) is 4.90. The van der Waals surface area contributed by atoms with Crippen LogP contribution < -0.4 is 15.1 Å². The molecule has 0 spiro atoms. The standard InChI is InChI=1S/C22H30N6O3S/c1-15-7-3-5-9-26(15)18-12-19(27-10-6-4-8-16(27)2)20(28(30)31)11-17(18)13-23-25-22-24-21(29)14-32-22/h11-13,15-16H,3-10,14H2,1-2H3,(H,24,25,29)/b23-13-/t15-,16-/m0/s1. The number of hydrogen-bond acceptors (Lipinski definition) is 8. The Morgan fingerprint density at radius 1 is 1.09 bits per heavy atom. The van der Waals surface area contributed by atoms with Crippen LogP contribution in [0.4, 0.5) is 17.1 Å². The average Bonchev–Trinajstić information content (AvgIpc) is 3.19. The van der Waals surface area contributed by atoms with Gasteiger partial charge in [0.1, 0.15) is 5.69 Å². The Hall–Kier alpha value is -2.62. The summed E-state index contributed by atoms with van der Waals surface area (Å²) in [4.78, 5) is 27.6. The fourth-order valence-electron chi connectivity index (χ4n) is 4.75. The molecule has 3 heterocycles. The van der Waals surface area contributed by atoms with Crippen molar-refractivity contribution in [2.24, 2.45) is 10.2 Å². The normalized spacial score (nSPS) is 25.6. The number of nitro groups is 1. The number of hydrogen-bond donors (Lipinski definition) is 1. The van der Waals surface area contributed by atoms with Crippen LogP contribution in [0, 0.1) is 10.1 Å². The molecule has 0 bridgehead atoms. The monoisotopic (exact) mass is 458 g/mol. The molecular weight excluding hydrogens is 428 g/mol. The Balaban J connectivity index is 1.76. The van der Waals surface area contributed by atoms with Gasteiger partial charge < -0.3 is 15.1 Å². The van der Waals surface area contributed by atoms with Crippen molar-refractivity contribution < 1.29 is 9.72 Å². The number of thioether (sulfide) groups is 1. The highest BCUT2D eigenvalue weighted by molar-refractivity contribution is 8.15. The summed E-state index contributed by atoms with van der Waals surface area (Å²) < 4.78 is 0. The van der Waals surface area contributed by atoms with Crippen molar-refractivity contribution in [1.29, 1.82) is 0 Å². The van der Waals surface area contributed by atoms with E-state index >= 15 is 0 Å². The number of piperidine rings is 2. The van der Waals surface area contributed by atoms with E-state index in [0.29, 0.717) is 28.2 Å². The lowest BCUT2D eigenvalue weighted by molar-refractivity contribution is -0.384. The molecule has 172 valence electrons. The van der Waals surface area contributed by atoms with Crippen molar-refractivity contribution in [1.82, 2.24) is 5.32 Å². The molecule has 0 aliphatic carbocycles. The summed E-state index contributed by atoms with van der Waals surface area (Å²) >= 11 is 1.30. The molecule has 4 rings (SSSR count). The third-order valence-electron chi connectivity index (χ3n) is 6.48. The van der Waals surface area contributed by atoms with Gasteiger partial charge in [-0.2, -0.15) is 5.10 Å². The number of amidine groups is 1. The Labute approximate surface area is 192 Å². The number of nitro benzene ring substituents is 1. The van der Waals surface area contributed by atoms with E-state index in [4.69, 9.17) is 0 Å². The highest BCUT2D eigenvalue weighted by Gasteiger charge is 2.30. The molecule has 1 amide bonds. The highest BCUT2D eigenvalue weighted by atomic mass is 32.2. The highest BCUT2D eigenvalue weighted by Crippen LogP contribution is 2.39. The number of rotatable bonds is 5. The molecule has 9 nitrogen and oxygen atoms in total. The summed E-state index contributed by atoms with van der Waals surface area (Å²) in [7, 11) is 0. The van der Waals surface area contributed by atoms with E-state index in [2.05, 4.69) is 39.2 Å². The van der Waals surface area contributed by atoms with Gasteiger partial charge in [0.25, 0.3) is 5.69 Å². The van der Waals surface area contributed by atoms with E-state index in [0.717, 1.165) is 50.9 Å². The molecule has 3 aliphatic heterocycles. The van der Waals surface area contributed by atoms with Crippen molar-refractivity contribution in [3.63, 3.8) is 0 Å². The summed E-state index contributed by atoms with van der Waals surface area (Å²) in [5.41, 5.74) is 2.43. The van der Waals surface area contributed by atoms with Crippen molar-refractivity contribution in [2.45, 2.75) is 64.5 Å². The van der Waals surface area contributed by atoms with Gasteiger partial charge in [0.2, 0.25) is 5.91 Å². The number of nitrogens with one attached hydrogen (secondary N) is 1. The largest absolute Gasteiger partial charge is 0.368 e. The smallest absolute Gasteiger partial charge is 0.293 e. The van der Waals surface area contributed by atoms with Gasteiger partial charge in [-0.05, 0) is 58.4 Å². The average molecular weight is 459 g/mol. The topological polar surface area (TPSA) is 103 Å². The first-order chi connectivity index (χ1) is 15.4. The van der Waals surface area contributed by atoms with Crippen LogP contribution in [-0.4, -0.2) is 53.1 Å². The maximum Gasteiger partial charge on any atom is 0.293 e. The van der Waals surface area contributed by atoms with Crippen molar-refractivity contribution >= 4 is 46.1 Å². The molecule has 0 radical (unpaired) electrons. The first-order valence-corrected chi connectivity index (χ1v) is 12.3. The van der Waals surface area contributed by atoms with E-state index in [1.54, 1.807) is 12.3 Å². The second-order valence-electron chi connectivity index (χ2n) is 8.72. The van der Waals surface area contributed by atoms with Crippen LogP contribution in [-0.2, 0) is 4.79 Å². The van der Waals surface area contributed by atoms with Gasteiger partial charge in [0, 0.05) is 42.5 Å². The van der Waals surface area contributed by atoms with Gasteiger partial charge in [-0.3, -0.25) is 14.9 Å². The number of carbonyl (C=O) groups excluding carboxylic acids is 1. The zero-order chi connectivity index (χ0) is 22.7. The summed E-state index contributed by atoms with van der Waals surface area (Å²) in [6.07, 6.45) is 8.19. The Morgan fingerprint density at radius 3 is 2.31 bits per heavy atom. The fraction of sp³-hybridized carbons (Fsp3) is 0.591. The van der Waals surface area contributed by atoms with Crippen LogP contribution in [0.15, 0.2) is 22.3 Å². The Kier molecular flexibility index (Phi) is 6.98. The second-order valence-corrected chi connectivity index (χ2v) is 9.68. The lowest BCUT2D eigenvalue weighted by Gasteiger charge is -2.38. The first kappa shape index (κ1) is 22.6. The van der Waals surface area contributed by atoms with Gasteiger partial charge in [-0.1, -0.05) is 11.8 Å². The quantitative estimate of drug-likeness (QED) is 0.408. The van der Waals surface area contributed by atoms with Crippen LogP contribution in [0.25, 0.3) is 0 Å². The minimum atomic E-state index is -0.295. The lowest BCUT2D eigenvalue weighted by atomic mass is 9.98. The van der Waals surface area contributed by atoms with Crippen LogP contribution in [0.1, 0.15) is 57.9 Å². The molecular formula is C22H30N6O3S. The summed E-state index contributed by atoms with van der Waals surface area (Å²) in [5, 5.41) is 23.4. The van der Waals surface area contributed by atoms with Gasteiger partial charge >= 0.3 is 0 Å². The van der Waals surface area contributed by atoms with Crippen LogP contribution in [0.5, 0.6) is 0 Å². The number of amides is 1. The number of anilines is 2. The molecule has 10 heteroatoms. The molecule has 1 aromatic rings. The maximum absolute atomic E-state index is 12.0. The number of carbonyl (C=O) groups is 1. The minimum absolute atomic E-state index is 0.0950. The fourth-order valence-corrected chi connectivity index (χ4v) is 5.38. The Morgan fingerprint density at radius 2 is 1.75 bits per heavy atom. The summed E-state index contributed by atoms with van der Waals surface area (Å²) in [6.45, 7) is 6.09. The second kappa shape index (κ2) is 9.89. The predicted octanol–water partition coefficient (Wildman–Crippen LogP) is 3.91. The molecule has 0 unspecified atom stereocenters. The van der Waals surface area contributed by atoms with Crippen LogP contribution in [0.3, 0.4) is 0 Å². The van der Waals surface area contributed by atoms with Crippen LogP contribution in [0.2, 0.25) is 0 Å². The predicted molar refractivity (Wildman–Crippen MR) is 130 cm³/mol. The molecule has 3 fully saturated rings. The Bertz CT molecular complexity index is 950. The molecule has 3 aliphatic rings. The first-order valence-electron chi connectivity index (χ1n) is 11.3.